The van der Waals surface area contributed by atoms with Crippen LogP contribution in [0.5, 0.6) is 0 Å². The van der Waals surface area contributed by atoms with Gasteiger partial charge in [-0.3, -0.25) is 14.6 Å². The Hall–Kier alpha value is -2.53. The summed E-state index contributed by atoms with van der Waals surface area (Å²) < 4.78 is 3.18. The predicted molar refractivity (Wildman–Crippen MR) is 101 cm³/mol. The Labute approximate surface area is 153 Å². The van der Waals surface area contributed by atoms with Gasteiger partial charge in [-0.15, -0.1) is 0 Å². The first-order valence-corrected chi connectivity index (χ1v) is 9.12. The van der Waals surface area contributed by atoms with Crippen molar-refractivity contribution in [1.82, 2.24) is 19.7 Å². The third kappa shape index (κ3) is 2.38. The van der Waals surface area contributed by atoms with Crippen molar-refractivity contribution in [2.24, 2.45) is 0 Å². The summed E-state index contributed by atoms with van der Waals surface area (Å²) >= 11 is 3.54. The molecule has 0 amide bonds. The van der Waals surface area contributed by atoms with E-state index in [1.165, 1.54) is 16.6 Å². The first-order valence-electron chi connectivity index (χ1n) is 8.32. The van der Waals surface area contributed by atoms with Crippen molar-refractivity contribution in [3.05, 3.63) is 76.8 Å². The summed E-state index contributed by atoms with van der Waals surface area (Å²) in [5.41, 5.74) is 5.70. The maximum Gasteiger partial charge on any atom is 0.0736 e. The van der Waals surface area contributed by atoms with Crippen molar-refractivity contribution in [2.45, 2.75) is 18.9 Å². The van der Waals surface area contributed by atoms with E-state index in [0.717, 1.165) is 34.2 Å². The molecule has 4 nitrogen and oxygen atoms in total. The summed E-state index contributed by atoms with van der Waals surface area (Å²) in [6.07, 6.45) is 6.74. The number of aryl methyl sites for hydroxylation is 1. The van der Waals surface area contributed by atoms with Crippen LogP contribution < -0.4 is 0 Å². The molecule has 0 radical (unpaired) electrons. The van der Waals surface area contributed by atoms with Gasteiger partial charge in [-0.05, 0) is 42.3 Å². The lowest BCUT2D eigenvalue weighted by molar-refractivity contribution is 0.649. The van der Waals surface area contributed by atoms with Gasteiger partial charge in [0.05, 0.1) is 23.1 Å². The van der Waals surface area contributed by atoms with Gasteiger partial charge in [-0.25, -0.2) is 0 Å². The summed E-state index contributed by atoms with van der Waals surface area (Å²) in [6, 6.07) is 14.5. The quantitative estimate of drug-likeness (QED) is 0.494. The van der Waals surface area contributed by atoms with Crippen LogP contribution >= 0.6 is 15.9 Å². The molecule has 1 atom stereocenters. The monoisotopic (exact) mass is 390 g/mol. The molecule has 0 bridgehead atoms. The first kappa shape index (κ1) is 14.8. The lowest BCUT2D eigenvalue weighted by Crippen LogP contribution is -2.01. The van der Waals surface area contributed by atoms with Crippen LogP contribution in [0.2, 0.25) is 0 Å². The van der Waals surface area contributed by atoms with E-state index in [4.69, 9.17) is 0 Å². The molecule has 1 aromatic carbocycles. The van der Waals surface area contributed by atoms with Gasteiger partial charge < -0.3 is 0 Å². The average molecular weight is 391 g/mol. The molecule has 4 aromatic rings. The Kier molecular flexibility index (Phi) is 3.41. The van der Waals surface area contributed by atoms with Crippen LogP contribution in [-0.2, 0) is 6.54 Å². The molecule has 3 aromatic heterocycles. The number of nitrogens with zero attached hydrogens (tertiary/aromatic N) is 4. The maximum absolute atomic E-state index is 4.60. The SMILES string of the molecule is Brc1ccc2c([C@H]3CCn4ncc(-c5ccccn5)c43)ccnc2c1. The van der Waals surface area contributed by atoms with E-state index >= 15 is 0 Å². The number of fused-ring (bicyclic) bond motifs is 2. The summed E-state index contributed by atoms with van der Waals surface area (Å²) in [7, 11) is 0. The second-order valence-corrected chi connectivity index (χ2v) is 7.20. The van der Waals surface area contributed by atoms with Gasteiger partial charge in [-0.1, -0.05) is 28.1 Å². The average Bonchev–Trinajstić information content (AvgIpc) is 3.24. The highest BCUT2D eigenvalue weighted by Gasteiger charge is 2.30. The molecule has 0 N–H and O–H groups in total. The number of benzene rings is 1. The van der Waals surface area contributed by atoms with E-state index in [-0.39, 0.29) is 0 Å². The largest absolute Gasteiger partial charge is 0.268 e. The number of hydrogen-bond acceptors (Lipinski definition) is 3. The van der Waals surface area contributed by atoms with Gasteiger partial charge in [0.15, 0.2) is 0 Å². The Morgan fingerprint density at radius 1 is 1.04 bits per heavy atom. The van der Waals surface area contributed by atoms with Crippen LogP contribution in [0.4, 0.5) is 0 Å². The lowest BCUT2D eigenvalue weighted by Gasteiger charge is -2.14. The summed E-state index contributed by atoms with van der Waals surface area (Å²) in [5.74, 6) is 0.311. The number of rotatable bonds is 2. The molecule has 0 spiro atoms. The van der Waals surface area contributed by atoms with Crippen molar-refractivity contribution < 1.29 is 0 Å². The molecule has 0 aliphatic carbocycles. The zero-order valence-electron chi connectivity index (χ0n) is 13.4. The normalized spacial score (nSPS) is 16.3. The van der Waals surface area contributed by atoms with Gasteiger partial charge in [0.1, 0.15) is 0 Å². The van der Waals surface area contributed by atoms with Crippen LogP contribution in [0.25, 0.3) is 22.2 Å². The van der Waals surface area contributed by atoms with Gasteiger partial charge in [0.25, 0.3) is 0 Å². The highest BCUT2D eigenvalue weighted by molar-refractivity contribution is 9.10. The Bertz CT molecular complexity index is 1070. The molecule has 25 heavy (non-hydrogen) atoms. The van der Waals surface area contributed by atoms with E-state index < -0.39 is 0 Å². The smallest absolute Gasteiger partial charge is 0.0736 e. The molecule has 5 heteroatoms. The number of halogens is 1. The third-order valence-electron chi connectivity index (χ3n) is 4.89. The second kappa shape index (κ2) is 5.77. The Morgan fingerprint density at radius 2 is 2.00 bits per heavy atom. The van der Waals surface area contributed by atoms with Gasteiger partial charge in [-0.2, -0.15) is 5.10 Å². The van der Waals surface area contributed by atoms with Crippen molar-refractivity contribution >= 4 is 26.8 Å². The highest BCUT2D eigenvalue weighted by Crippen LogP contribution is 2.41. The molecule has 4 heterocycles. The molecular weight excluding hydrogens is 376 g/mol. The summed E-state index contributed by atoms with van der Waals surface area (Å²) in [6.45, 7) is 0.938. The maximum atomic E-state index is 4.60. The molecular formula is C20H15BrN4. The molecule has 1 aliphatic heterocycles. The molecule has 0 saturated carbocycles. The van der Waals surface area contributed by atoms with Crippen LogP contribution in [0.3, 0.4) is 0 Å². The fourth-order valence-corrected chi connectivity index (χ4v) is 4.15. The standard InChI is InChI=1S/C20H15BrN4/c21-13-4-5-15-14(6-9-23-19(15)11-13)16-7-10-25-20(16)17(12-24-25)18-3-1-2-8-22-18/h1-6,8-9,11-12,16H,7,10H2/t16-/m1/s1. The molecule has 0 unspecified atom stereocenters. The highest BCUT2D eigenvalue weighted by atomic mass is 79.9. The van der Waals surface area contributed by atoms with Gasteiger partial charge in [0.2, 0.25) is 0 Å². The van der Waals surface area contributed by atoms with Crippen LogP contribution in [0.1, 0.15) is 23.6 Å². The molecule has 5 rings (SSSR count). The van der Waals surface area contributed by atoms with E-state index in [0.29, 0.717) is 5.92 Å². The molecule has 122 valence electrons. The van der Waals surface area contributed by atoms with Crippen LogP contribution in [-0.4, -0.2) is 19.7 Å². The van der Waals surface area contributed by atoms with E-state index in [2.05, 4.69) is 66.0 Å². The molecule has 0 saturated heterocycles. The lowest BCUT2D eigenvalue weighted by atomic mass is 9.90. The summed E-state index contributed by atoms with van der Waals surface area (Å²) in [5, 5.41) is 5.80. The van der Waals surface area contributed by atoms with Crippen LogP contribution in [0.15, 0.2) is 65.5 Å². The zero-order chi connectivity index (χ0) is 16.8. The second-order valence-electron chi connectivity index (χ2n) is 6.28. The third-order valence-corrected chi connectivity index (χ3v) is 5.39. The topological polar surface area (TPSA) is 43.6 Å². The minimum atomic E-state index is 0.311. The van der Waals surface area contributed by atoms with Gasteiger partial charge in [0, 0.05) is 40.3 Å². The van der Waals surface area contributed by atoms with E-state index in [9.17, 15) is 0 Å². The Morgan fingerprint density at radius 3 is 2.88 bits per heavy atom. The summed E-state index contributed by atoms with van der Waals surface area (Å²) in [4.78, 5) is 9.06. The Balaban J connectivity index is 1.69. The number of hydrogen-bond donors (Lipinski definition) is 0. The van der Waals surface area contributed by atoms with Crippen LogP contribution in [0, 0.1) is 0 Å². The van der Waals surface area contributed by atoms with Crippen molar-refractivity contribution in [2.75, 3.05) is 0 Å². The number of pyridine rings is 2. The predicted octanol–water partition coefficient (Wildman–Crippen LogP) is 4.79. The van der Waals surface area contributed by atoms with E-state index in [1.54, 1.807) is 0 Å². The minimum Gasteiger partial charge on any atom is -0.268 e. The van der Waals surface area contributed by atoms with Crippen molar-refractivity contribution in [3.63, 3.8) is 0 Å². The fraction of sp³-hybridized carbons (Fsp3) is 0.150. The first-order chi connectivity index (χ1) is 12.3. The molecule has 0 fully saturated rings. The van der Waals surface area contributed by atoms with E-state index in [1.807, 2.05) is 30.7 Å². The fourth-order valence-electron chi connectivity index (χ4n) is 3.80. The molecule has 1 aliphatic rings. The van der Waals surface area contributed by atoms with Crippen molar-refractivity contribution in [1.29, 1.82) is 0 Å². The number of aromatic nitrogens is 4. The van der Waals surface area contributed by atoms with Gasteiger partial charge >= 0.3 is 0 Å². The van der Waals surface area contributed by atoms with Crippen molar-refractivity contribution in [3.8, 4) is 11.3 Å². The minimum absolute atomic E-state index is 0.311. The zero-order valence-corrected chi connectivity index (χ0v) is 15.0.